The molecule has 0 aliphatic carbocycles. The molecule has 1 N–H and O–H groups in total. The number of furan rings is 1. The lowest BCUT2D eigenvalue weighted by atomic mass is 10.1. The summed E-state index contributed by atoms with van der Waals surface area (Å²) in [6.07, 6.45) is 1.86. The summed E-state index contributed by atoms with van der Waals surface area (Å²) in [7, 11) is 3.83. The van der Waals surface area contributed by atoms with Crippen molar-refractivity contribution in [3.63, 3.8) is 0 Å². The largest absolute Gasteiger partial charge is 0.497 e. The number of fused-ring (bicyclic) bond motifs is 2. The highest BCUT2D eigenvalue weighted by Crippen LogP contribution is 2.45. The lowest BCUT2D eigenvalue weighted by Gasteiger charge is -2.41. The van der Waals surface area contributed by atoms with E-state index in [1.807, 2.05) is 18.2 Å². The molecular weight excluding hydrogens is 370 g/mol. The van der Waals surface area contributed by atoms with E-state index >= 15 is 0 Å². The van der Waals surface area contributed by atoms with Crippen LogP contribution in [-0.4, -0.2) is 25.7 Å². The van der Waals surface area contributed by atoms with Crippen LogP contribution in [0.4, 0.5) is 17.1 Å². The molecule has 0 fully saturated rings. The maximum atomic E-state index is 5.66. The number of para-hydroxylation sites is 1. The summed E-state index contributed by atoms with van der Waals surface area (Å²) in [6.45, 7) is 0.752. The molecule has 1 aliphatic heterocycles. The molecule has 2 aromatic heterocycles. The highest BCUT2D eigenvalue weighted by Gasteiger charge is 2.32. The molecule has 0 spiro atoms. The number of anilines is 3. The molecular formula is C22H21N3O2S. The molecule has 1 atom stereocenters. The van der Waals surface area contributed by atoms with Gasteiger partial charge in [0.25, 0.3) is 0 Å². The zero-order valence-corrected chi connectivity index (χ0v) is 16.6. The van der Waals surface area contributed by atoms with Crippen molar-refractivity contribution in [2.24, 2.45) is 0 Å². The van der Waals surface area contributed by atoms with Crippen molar-refractivity contribution in [1.82, 2.24) is 4.90 Å². The molecule has 6 heteroatoms. The van der Waals surface area contributed by atoms with E-state index in [0.29, 0.717) is 0 Å². The lowest BCUT2D eigenvalue weighted by molar-refractivity contribution is 0.267. The van der Waals surface area contributed by atoms with Crippen molar-refractivity contribution in [2.45, 2.75) is 6.17 Å². The summed E-state index contributed by atoms with van der Waals surface area (Å²) in [5.41, 5.74) is 4.25. The Morgan fingerprint density at radius 1 is 1.11 bits per heavy atom. The fourth-order valence-electron chi connectivity index (χ4n) is 3.77. The predicted molar refractivity (Wildman–Crippen MR) is 115 cm³/mol. The fraction of sp³-hybridized carbons (Fsp3) is 0.182. The molecule has 5 nitrogen and oxygen atoms in total. The van der Waals surface area contributed by atoms with E-state index in [1.165, 1.54) is 10.6 Å². The van der Waals surface area contributed by atoms with E-state index < -0.39 is 0 Å². The van der Waals surface area contributed by atoms with E-state index in [0.717, 1.165) is 34.8 Å². The normalized spacial score (nSPS) is 16.9. The fourth-order valence-corrected chi connectivity index (χ4v) is 4.78. The van der Waals surface area contributed by atoms with Crippen LogP contribution in [0.5, 0.6) is 5.75 Å². The van der Waals surface area contributed by atoms with Crippen molar-refractivity contribution >= 4 is 39.4 Å². The summed E-state index contributed by atoms with van der Waals surface area (Å²) in [4.78, 5) is 5.93. The maximum Gasteiger partial charge on any atom is 0.139 e. The topological polar surface area (TPSA) is 40.9 Å². The van der Waals surface area contributed by atoms with Crippen LogP contribution >= 0.6 is 11.3 Å². The van der Waals surface area contributed by atoms with E-state index in [9.17, 15) is 0 Å². The summed E-state index contributed by atoms with van der Waals surface area (Å²) in [5.74, 6) is 0.793. The Balaban J connectivity index is 1.58. The number of nitrogens with one attached hydrogen (secondary N) is 1. The minimum atomic E-state index is 0.124. The second-order valence-corrected chi connectivity index (χ2v) is 7.84. The number of hydrogen-bond donors (Lipinski definition) is 1. The summed E-state index contributed by atoms with van der Waals surface area (Å²) >= 11 is 1.77. The molecule has 0 saturated heterocycles. The van der Waals surface area contributed by atoms with Crippen molar-refractivity contribution in [2.75, 3.05) is 31.0 Å². The van der Waals surface area contributed by atoms with Gasteiger partial charge in [-0.05, 0) is 36.7 Å². The van der Waals surface area contributed by atoms with Crippen LogP contribution in [-0.2, 0) is 0 Å². The predicted octanol–water partition coefficient (Wildman–Crippen LogP) is 5.65. The lowest BCUT2D eigenvalue weighted by Crippen LogP contribution is -2.42. The second kappa shape index (κ2) is 6.89. The van der Waals surface area contributed by atoms with Gasteiger partial charge in [-0.1, -0.05) is 18.2 Å². The molecule has 5 rings (SSSR count). The van der Waals surface area contributed by atoms with Crippen molar-refractivity contribution < 1.29 is 9.15 Å². The van der Waals surface area contributed by atoms with E-state index in [-0.39, 0.29) is 6.17 Å². The molecule has 0 bridgehead atoms. The summed E-state index contributed by atoms with van der Waals surface area (Å²) in [5, 5.41) is 6.91. The van der Waals surface area contributed by atoms with Crippen LogP contribution in [0.15, 0.2) is 70.7 Å². The smallest absolute Gasteiger partial charge is 0.139 e. The zero-order valence-electron chi connectivity index (χ0n) is 15.8. The Morgan fingerprint density at radius 3 is 2.79 bits per heavy atom. The third-order valence-corrected chi connectivity index (χ3v) is 6.10. The monoisotopic (exact) mass is 391 g/mol. The molecule has 28 heavy (non-hydrogen) atoms. The molecule has 3 heterocycles. The Bertz CT molecular complexity index is 1110. The van der Waals surface area contributed by atoms with Crippen LogP contribution in [0.2, 0.25) is 0 Å². The molecule has 2 aromatic carbocycles. The van der Waals surface area contributed by atoms with Gasteiger partial charge in [-0.25, -0.2) is 0 Å². The number of benzene rings is 2. The number of hydrogen-bond acceptors (Lipinski definition) is 6. The van der Waals surface area contributed by atoms with Crippen LogP contribution in [0, 0.1) is 0 Å². The minimum Gasteiger partial charge on any atom is -0.497 e. The highest BCUT2D eigenvalue weighted by atomic mass is 32.1. The number of nitrogens with zero attached hydrogens (tertiary/aromatic N) is 2. The van der Waals surface area contributed by atoms with Gasteiger partial charge in [0.15, 0.2) is 0 Å². The van der Waals surface area contributed by atoms with Crippen LogP contribution in [0.25, 0.3) is 11.0 Å². The summed E-state index contributed by atoms with van der Waals surface area (Å²) < 4.78 is 11.2. The van der Waals surface area contributed by atoms with Crippen LogP contribution in [0.3, 0.4) is 0 Å². The summed E-state index contributed by atoms with van der Waals surface area (Å²) in [6, 6.07) is 18.6. The Kier molecular flexibility index (Phi) is 4.22. The van der Waals surface area contributed by atoms with Gasteiger partial charge in [-0.2, -0.15) is 0 Å². The second-order valence-electron chi connectivity index (χ2n) is 6.89. The third kappa shape index (κ3) is 2.82. The van der Waals surface area contributed by atoms with Gasteiger partial charge in [0.2, 0.25) is 0 Å². The first-order valence-corrected chi connectivity index (χ1v) is 10.0. The average molecular weight is 391 g/mol. The molecule has 4 aromatic rings. The molecule has 0 amide bonds. The Morgan fingerprint density at radius 2 is 1.96 bits per heavy atom. The van der Waals surface area contributed by atoms with Crippen molar-refractivity contribution in [1.29, 1.82) is 0 Å². The number of methoxy groups -OCH3 is 1. The standard InChI is InChI=1S/C22H21N3O2S/c1-24-14-25(19-12-16(26-2)13-20-17(19)8-10-27-20)18-9-11-28-21(18)22(24)23-15-6-4-3-5-7-15/h3-13,22-23H,14H2,1-2H3. The molecule has 0 saturated carbocycles. The Labute approximate surface area is 167 Å². The first kappa shape index (κ1) is 17.2. The quantitative estimate of drug-likeness (QED) is 0.486. The van der Waals surface area contributed by atoms with Gasteiger partial charge < -0.3 is 19.4 Å². The van der Waals surface area contributed by atoms with Gasteiger partial charge in [-0.15, -0.1) is 11.3 Å². The molecule has 0 radical (unpaired) electrons. The molecule has 142 valence electrons. The van der Waals surface area contributed by atoms with Crippen LogP contribution < -0.4 is 15.0 Å². The number of thiophene rings is 1. The molecule has 1 aliphatic rings. The van der Waals surface area contributed by atoms with Crippen molar-refractivity contribution in [3.8, 4) is 5.75 Å². The van der Waals surface area contributed by atoms with Gasteiger partial charge in [0.1, 0.15) is 17.5 Å². The zero-order chi connectivity index (χ0) is 19.1. The van der Waals surface area contributed by atoms with E-state index in [1.54, 1.807) is 24.7 Å². The highest BCUT2D eigenvalue weighted by molar-refractivity contribution is 7.10. The van der Waals surface area contributed by atoms with E-state index in [4.69, 9.17) is 9.15 Å². The minimum absolute atomic E-state index is 0.124. The Hall–Kier alpha value is -2.96. The third-order valence-electron chi connectivity index (χ3n) is 5.14. The SMILES string of the molecule is COc1cc(N2CN(C)C(Nc3ccccc3)c3sccc32)c2ccoc2c1. The number of ether oxygens (including phenoxy) is 1. The first-order valence-electron chi connectivity index (χ1n) is 9.16. The maximum absolute atomic E-state index is 5.66. The van der Waals surface area contributed by atoms with Gasteiger partial charge >= 0.3 is 0 Å². The average Bonchev–Trinajstić information content (AvgIpc) is 3.39. The number of rotatable bonds is 4. The van der Waals surface area contributed by atoms with Gasteiger partial charge in [0.05, 0.1) is 36.3 Å². The first-order chi connectivity index (χ1) is 13.7. The van der Waals surface area contributed by atoms with Gasteiger partial charge in [0, 0.05) is 23.2 Å². The molecule has 1 unspecified atom stereocenters. The van der Waals surface area contributed by atoms with Crippen molar-refractivity contribution in [3.05, 3.63) is 71.1 Å². The van der Waals surface area contributed by atoms with Gasteiger partial charge in [-0.3, -0.25) is 4.90 Å². The van der Waals surface area contributed by atoms with Crippen LogP contribution in [0.1, 0.15) is 11.0 Å². The van der Waals surface area contributed by atoms with E-state index in [2.05, 4.69) is 63.9 Å².